The standard InChI is InChI=1S/C8H7F9O2/c9-5(10,7(13,14)15)6(11,12)8(16,17)19-4-2-1-3-18-4/h4H,1-3H2. The molecule has 11 heteroatoms. The summed E-state index contributed by atoms with van der Waals surface area (Å²) < 4.78 is 119. The van der Waals surface area contributed by atoms with Crippen LogP contribution < -0.4 is 0 Å². The van der Waals surface area contributed by atoms with E-state index in [2.05, 4.69) is 9.47 Å². The molecule has 1 rings (SSSR count). The summed E-state index contributed by atoms with van der Waals surface area (Å²) in [5.74, 6) is -13.7. The minimum Gasteiger partial charge on any atom is -0.352 e. The van der Waals surface area contributed by atoms with E-state index in [1.54, 1.807) is 0 Å². The molecule has 0 N–H and O–H groups in total. The van der Waals surface area contributed by atoms with Crippen LogP contribution in [0, 0.1) is 0 Å². The lowest BCUT2D eigenvalue weighted by molar-refractivity contribution is -0.459. The normalized spacial score (nSPS) is 22.9. The zero-order valence-electron chi connectivity index (χ0n) is 8.92. The predicted octanol–water partition coefficient (Wildman–Crippen LogP) is 3.57. The first kappa shape index (κ1) is 16.3. The Morgan fingerprint density at radius 3 is 1.74 bits per heavy atom. The Morgan fingerprint density at radius 1 is 0.842 bits per heavy atom. The molecule has 114 valence electrons. The van der Waals surface area contributed by atoms with Gasteiger partial charge in [-0.15, -0.1) is 0 Å². The monoisotopic (exact) mass is 306 g/mol. The molecule has 0 saturated carbocycles. The second-order valence-corrected chi connectivity index (χ2v) is 3.72. The Balaban J connectivity index is 2.95. The fourth-order valence-electron chi connectivity index (χ4n) is 1.24. The Hall–Kier alpha value is -0.710. The van der Waals surface area contributed by atoms with E-state index in [0.717, 1.165) is 0 Å². The van der Waals surface area contributed by atoms with Crippen molar-refractivity contribution in [3.63, 3.8) is 0 Å². The van der Waals surface area contributed by atoms with Gasteiger partial charge in [-0.05, 0) is 6.42 Å². The van der Waals surface area contributed by atoms with E-state index in [4.69, 9.17) is 0 Å². The van der Waals surface area contributed by atoms with E-state index in [9.17, 15) is 39.5 Å². The quantitative estimate of drug-likeness (QED) is 0.739. The molecule has 1 unspecified atom stereocenters. The van der Waals surface area contributed by atoms with Crippen molar-refractivity contribution in [2.75, 3.05) is 6.61 Å². The number of rotatable bonds is 4. The average molecular weight is 306 g/mol. The van der Waals surface area contributed by atoms with Crippen LogP contribution in [0.15, 0.2) is 0 Å². The molecule has 2 nitrogen and oxygen atoms in total. The van der Waals surface area contributed by atoms with Gasteiger partial charge in [-0.2, -0.15) is 39.5 Å². The van der Waals surface area contributed by atoms with Crippen LogP contribution in [0.4, 0.5) is 39.5 Å². The largest absolute Gasteiger partial charge is 0.460 e. The van der Waals surface area contributed by atoms with Gasteiger partial charge in [-0.3, -0.25) is 4.74 Å². The molecule has 0 aromatic rings. The summed E-state index contributed by atoms with van der Waals surface area (Å²) in [5.41, 5.74) is 0. The summed E-state index contributed by atoms with van der Waals surface area (Å²) in [7, 11) is 0. The molecule has 0 aromatic carbocycles. The van der Waals surface area contributed by atoms with E-state index in [-0.39, 0.29) is 19.4 Å². The number of hydrogen-bond acceptors (Lipinski definition) is 2. The zero-order chi connectivity index (χ0) is 15.1. The highest BCUT2D eigenvalue weighted by Crippen LogP contribution is 2.53. The number of halogens is 9. The molecule has 19 heavy (non-hydrogen) atoms. The van der Waals surface area contributed by atoms with Gasteiger partial charge in [0.25, 0.3) is 0 Å². The molecule has 0 aliphatic carbocycles. The lowest BCUT2D eigenvalue weighted by Crippen LogP contribution is -2.62. The highest BCUT2D eigenvalue weighted by Gasteiger charge is 2.83. The minimum atomic E-state index is -6.94. The van der Waals surface area contributed by atoms with Crippen molar-refractivity contribution >= 4 is 0 Å². The minimum absolute atomic E-state index is 0.127. The first-order chi connectivity index (χ1) is 8.33. The fourth-order valence-corrected chi connectivity index (χ4v) is 1.24. The summed E-state index contributed by atoms with van der Waals surface area (Å²) in [5, 5.41) is 0. The molecule has 1 atom stereocenters. The summed E-state index contributed by atoms with van der Waals surface area (Å²) in [6.07, 6.45) is -15.0. The van der Waals surface area contributed by atoms with Crippen molar-refractivity contribution < 1.29 is 49.0 Å². The Morgan fingerprint density at radius 2 is 1.37 bits per heavy atom. The van der Waals surface area contributed by atoms with Crippen LogP contribution >= 0.6 is 0 Å². The third-order valence-electron chi connectivity index (χ3n) is 2.28. The zero-order valence-corrected chi connectivity index (χ0v) is 8.92. The number of ether oxygens (including phenoxy) is 2. The first-order valence-electron chi connectivity index (χ1n) is 4.82. The van der Waals surface area contributed by atoms with Crippen LogP contribution in [0.2, 0.25) is 0 Å². The lowest BCUT2D eigenvalue weighted by Gasteiger charge is -2.33. The van der Waals surface area contributed by atoms with E-state index in [1.807, 2.05) is 0 Å². The predicted molar refractivity (Wildman–Crippen MR) is 41.0 cm³/mol. The Labute approximate surface area is 100 Å². The molecule has 1 heterocycles. The molecule has 0 amide bonds. The fraction of sp³-hybridized carbons (Fsp3) is 1.00. The molecule has 1 saturated heterocycles. The highest BCUT2D eigenvalue weighted by molar-refractivity contribution is 4.96. The maximum absolute atomic E-state index is 12.8. The Bertz CT molecular complexity index is 319. The number of alkyl halides is 9. The smallest absolute Gasteiger partial charge is 0.352 e. The molecule has 0 aromatic heterocycles. The molecular formula is C8H7F9O2. The lowest BCUT2D eigenvalue weighted by atomic mass is 10.1. The van der Waals surface area contributed by atoms with Gasteiger partial charge in [0.05, 0.1) is 0 Å². The van der Waals surface area contributed by atoms with Crippen molar-refractivity contribution in [3.8, 4) is 0 Å². The van der Waals surface area contributed by atoms with Gasteiger partial charge in [-0.25, -0.2) is 0 Å². The van der Waals surface area contributed by atoms with Crippen molar-refractivity contribution in [2.24, 2.45) is 0 Å². The van der Waals surface area contributed by atoms with Crippen LogP contribution in [-0.4, -0.2) is 37.0 Å². The second-order valence-electron chi connectivity index (χ2n) is 3.72. The van der Waals surface area contributed by atoms with Crippen molar-refractivity contribution in [2.45, 2.75) is 43.3 Å². The third-order valence-corrected chi connectivity index (χ3v) is 2.28. The maximum atomic E-state index is 12.8. The number of hydrogen-bond donors (Lipinski definition) is 0. The van der Waals surface area contributed by atoms with Gasteiger partial charge >= 0.3 is 24.1 Å². The molecule has 1 aliphatic heterocycles. The molecular weight excluding hydrogens is 299 g/mol. The maximum Gasteiger partial charge on any atom is 0.460 e. The average Bonchev–Trinajstić information content (AvgIpc) is 2.67. The van der Waals surface area contributed by atoms with Crippen LogP contribution in [0.1, 0.15) is 12.8 Å². The molecule has 0 spiro atoms. The topological polar surface area (TPSA) is 18.5 Å². The van der Waals surface area contributed by atoms with Crippen molar-refractivity contribution in [1.82, 2.24) is 0 Å². The van der Waals surface area contributed by atoms with Gasteiger partial charge in [0, 0.05) is 13.0 Å². The van der Waals surface area contributed by atoms with Crippen LogP contribution in [0.25, 0.3) is 0 Å². The van der Waals surface area contributed by atoms with E-state index < -0.39 is 30.4 Å². The Kier molecular flexibility index (Phi) is 4.03. The first-order valence-corrected chi connectivity index (χ1v) is 4.82. The van der Waals surface area contributed by atoms with Gasteiger partial charge in [0.2, 0.25) is 0 Å². The van der Waals surface area contributed by atoms with Gasteiger partial charge in [0.1, 0.15) is 0 Å². The van der Waals surface area contributed by atoms with E-state index in [1.165, 1.54) is 0 Å². The van der Waals surface area contributed by atoms with Gasteiger partial charge in [0.15, 0.2) is 6.29 Å². The van der Waals surface area contributed by atoms with Crippen LogP contribution in [0.5, 0.6) is 0 Å². The van der Waals surface area contributed by atoms with Crippen LogP contribution in [-0.2, 0) is 9.47 Å². The molecule has 0 radical (unpaired) electrons. The van der Waals surface area contributed by atoms with Crippen LogP contribution in [0.3, 0.4) is 0 Å². The molecule has 0 bridgehead atoms. The second kappa shape index (κ2) is 4.69. The van der Waals surface area contributed by atoms with Crippen molar-refractivity contribution in [3.05, 3.63) is 0 Å². The van der Waals surface area contributed by atoms with E-state index in [0.29, 0.717) is 0 Å². The summed E-state index contributed by atoms with van der Waals surface area (Å²) in [6.45, 7) is -0.151. The van der Waals surface area contributed by atoms with Gasteiger partial charge in [-0.1, -0.05) is 0 Å². The highest BCUT2D eigenvalue weighted by atomic mass is 19.4. The van der Waals surface area contributed by atoms with Gasteiger partial charge < -0.3 is 4.74 Å². The summed E-state index contributed by atoms with van der Waals surface area (Å²) in [6, 6.07) is 0. The summed E-state index contributed by atoms with van der Waals surface area (Å²) in [4.78, 5) is 0. The summed E-state index contributed by atoms with van der Waals surface area (Å²) >= 11 is 0. The third kappa shape index (κ3) is 2.76. The van der Waals surface area contributed by atoms with Crippen molar-refractivity contribution in [1.29, 1.82) is 0 Å². The molecule has 1 aliphatic rings. The SMILES string of the molecule is FC(F)(F)C(F)(F)C(F)(F)C(F)(F)OC1CCCO1. The van der Waals surface area contributed by atoms with E-state index >= 15 is 0 Å². The molecule has 1 fully saturated rings.